The van der Waals surface area contributed by atoms with E-state index in [1.165, 1.54) is 0 Å². The van der Waals surface area contributed by atoms with E-state index >= 15 is 0 Å². The molecule has 5 atom stereocenters. The Balaban J connectivity index is 2.78. The van der Waals surface area contributed by atoms with Crippen molar-refractivity contribution >= 4 is 0 Å². The predicted octanol–water partition coefficient (Wildman–Crippen LogP) is 0.0218. The van der Waals surface area contributed by atoms with Crippen LogP contribution in [0.3, 0.4) is 0 Å². The first-order valence-corrected chi connectivity index (χ1v) is 6.40. The van der Waals surface area contributed by atoms with Crippen LogP contribution in [-0.2, 0) is 9.47 Å². The van der Waals surface area contributed by atoms with Crippen LogP contribution in [0.5, 0.6) is 0 Å². The third kappa shape index (κ3) is 3.39. The SMILES string of the molecule is CC(C)O[C@H]1OC(CN)[C@@H](C(C)C)C(N)[C@@H]1N. The van der Waals surface area contributed by atoms with Crippen LogP contribution in [0.25, 0.3) is 0 Å². The molecule has 1 aliphatic rings. The zero-order chi connectivity index (χ0) is 13.2. The van der Waals surface area contributed by atoms with Gasteiger partial charge in [-0.3, -0.25) is 0 Å². The number of nitrogens with two attached hydrogens (primary N) is 3. The molecule has 1 aliphatic heterocycles. The van der Waals surface area contributed by atoms with Gasteiger partial charge >= 0.3 is 0 Å². The van der Waals surface area contributed by atoms with Crippen LogP contribution in [0.2, 0.25) is 0 Å². The van der Waals surface area contributed by atoms with Crippen molar-refractivity contribution in [3.05, 3.63) is 0 Å². The van der Waals surface area contributed by atoms with Crippen molar-refractivity contribution in [3.63, 3.8) is 0 Å². The molecule has 17 heavy (non-hydrogen) atoms. The molecule has 5 nitrogen and oxygen atoms in total. The average Bonchev–Trinajstić information content (AvgIpc) is 2.23. The van der Waals surface area contributed by atoms with Gasteiger partial charge in [0.2, 0.25) is 0 Å². The van der Waals surface area contributed by atoms with Crippen molar-refractivity contribution in [1.29, 1.82) is 0 Å². The van der Waals surface area contributed by atoms with E-state index in [9.17, 15) is 0 Å². The molecular weight excluding hydrogens is 218 g/mol. The summed E-state index contributed by atoms with van der Waals surface area (Å²) in [6.07, 6.45) is -0.464. The van der Waals surface area contributed by atoms with Gasteiger partial charge in [0.05, 0.1) is 18.2 Å². The molecule has 0 saturated carbocycles. The van der Waals surface area contributed by atoms with E-state index in [0.29, 0.717) is 12.5 Å². The van der Waals surface area contributed by atoms with Crippen LogP contribution >= 0.6 is 0 Å². The van der Waals surface area contributed by atoms with Crippen LogP contribution < -0.4 is 17.2 Å². The summed E-state index contributed by atoms with van der Waals surface area (Å²) in [6.45, 7) is 8.59. The Hall–Kier alpha value is -0.200. The second-order valence-electron chi connectivity index (χ2n) is 5.44. The molecule has 0 aromatic carbocycles. The fraction of sp³-hybridized carbons (Fsp3) is 1.00. The van der Waals surface area contributed by atoms with Gasteiger partial charge in [-0.05, 0) is 19.8 Å². The van der Waals surface area contributed by atoms with E-state index in [0.717, 1.165) is 0 Å². The van der Waals surface area contributed by atoms with Crippen molar-refractivity contribution in [2.24, 2.45) is 29.0 Å². The number of ether oxygens (including phenoxy) is 2. The lowest BCUT2D eigenvalue weighted by Crippen LogP contribution is -2.65. The van der Waals surface area contributed by atoms with Crippen LogP contribution in [0.15, 0.2) is 0 Å². The summed E-state index contributed by atoms with van der Waals surface area (Å²) in [5.41, 5.74) is 18.1. The first-order valence-electron chi connectivity index (χ1n) is 6.40. The molecule has 0 spiro atoms. The van der Waals surface area contributed by atoms with Gasteiger partial charge in [-0.2, -0.15) is 0 Å². The molecule has 1 saturated heterocycles. The van der Waals surface area contributed by atoms with E-state index in [2.05, 4.69) is 13.8 Å². The van der Waals surface area contributed by atoms with Crippen LogP contribution in [-0.4, -0.2) is 37.1 Å². The maximum absolute atomic E-state index is 6.21. The molecule has 0 aromatic rings. The lowest BCUT2D eigenvalue weighted by Gasteiger charge is -2.46. The Labute approximate surface area is 104 Å². The number of hydrogen-bond donors (Lipinski definition) is 3. The molecule has 0 aliphatic carbocycles. The van der Waals surface area contributed by atoms with Gasteiger partial charge in [0, 0.05) is 18.5 Å². The lowest BCUT2D eigenvalue weighted by atomic mass is 9.79. The Morgan fingerprint density at radius 2 is 1.71 bits per heavy atom. The molecule has 0 amide bonds. The van der Waals surface area contributed by atoms with Gasteiger partial charge in [0.1, 0.15) is 0 Å². The second-order valence-corrected chi connectivity index (χ2v) is 5.44. The summed E-state index contributed by atoms with van der Waals surface area (Å²) >= 11 is 0. The molecule has 1 heterocycles. The molecule has 102 valence electrons. The Bertz CT molecular complexity index is 232. The maximum Gasteiger partial charge on any atom is 0.174 e. The van der Waals surface area contributed by atoms with E-state index in [4.69, 9.17) is 26.7 Å². The summed E-state index contributed by atoms with van der Waals surface area (Å²) in [5.74, 6) is 0.576. The van der Waals surface area contributed by atoms with Gasteiger partial charge in [-0.25, -0.2) is 0 Å². The topological polar surface area (TPSA) is 96.5 Å². The monoisotopic (exact) mass is 245 g/mol. The third-order valence-electron chi connectivity index (χ3n) is 3.35. The first kappa shape index (κ1) is 14.9. The fourth-order valence-corrected chi connectivity index (χ4v) is 2.52. The summed E-state index contributed by atoms with van der Waals surface area (Å²) in [7, 11) is 0. The Morgan fingerprint density at radius 1 is 1.12 bits per heavy atom. The molecule has 0 bridgehead atoms. The predicted molar refractivity (Wildman–Crippen MR) is 68.2 cm³/mol. The molecule has 0 radical (unpaired) electrons. The third-order valence-corrected chi connectivity index (χ3v) is 3.35. The highest BCUT2D eigenvalue weighted by molar-refractivity contribution is 4.95. The molecule has 5 heteroatoms. The molecular formula is C12H27N3O2. The Kier molecular flexibility index (Phi) is 5.34. The van der Waals surface area contributed by atoms with Crippen molar-refractivity contribution in [3.8, 4) is 0 Å². The molecule has 0 aromatic heterocycles. The zero-order valence-electron chi connectivity index (χ0n) is 11.3. The second kappa shape index (κ2) is 6.11. The van der Waals surface area contributed by atoms with Crippen molar-refractivity contribution in [2.45, 2.75) is 58.3 Å². The highest BCUT2D eigenvalue weighted by atomic mass is 16.7. The normalized spacial score (nSPS) is 39.0. The minimum absolute atomic E-state index is 0.0623. The van der Waals surface area contributed by atoms with E-state index in [-0.39, 0.29) is 30.2 Å². The van der Waals surface area contributed by atoms with Crippen molar-refractivity contribution < 1.29 is 9.47 Å². The van der Waals surface area contributed by atoms with Crippen molar-refractivity contribution in [1.82, 2.24) is 0 Å². The fourth-order valence-electron chi connectivity index (χ4n) is 2.52. The molecule has 6 N–H and O–H groups in total. The number of rotatable bonds is 4. The largest absolute Gasteiger partial charge is 0.348 e. The minimum Gasteiger partial charge on any atom is -0.348 e. The summed E-state index contributed by atoms with van der Waals surface area (Å²) in [6, 6.07) is -0.436. The molecule has 2 unspecified atom stereocenters. The zero-order valence-corrected chi connectivity index (χ0v) is 11.3. The van der Waals surface area contributed by atoms with Crippen LogP contribution in [0.1, 0.15) is 27.7 Å². The van der Waals surface area contributed by atoms with Crippen LogP contribution in [0.4, 0.5) is 0 Å². The standard InChI is InChI=1S/C12H27N3O2/c1-6(2)9-8(5-13)17-12(16-7(3)4)11(15)10(9)14/h6-12H,5,13-15H2,1-4H3/t8?,9-,10?,11+,12+/m1/s1. The summed E-state index contributed by atoms with van der Waals surface area (Å²) in [4.78, 5) is 0. The van der Waals surface area contributed by atoms with E-state index in [1.54, 1.807) is 0 Å². The summed E-state index contributed by atoms with van der Waals surface area (Å²) < 4.78 is 11.5. The van der Waals surface area contributed by atoms with E-state index < -0.39 is 6.29 Å². The summed E-state index contributed by atoms with van der Waals surface area (Å²) in [5, 5.41) is 0. The van der Waals surface area contributed by atoms with Gasteiger partial charge in [0.25, 0.3) is 0 Å². The van der Waals surface area contributed by atoms with Gasteiger partial charge < -0.3 is 26.7 Å². The lowest BCUT2D eigenvalue weighted by molar-refractivity contribution is -0.237. The minimum atomic E-state index is -0.450. The Morgan fingerprint density at radius 3 is 2.12 bits per heavy atom. The van der Waals surface area contributed by atoms with Crippen molar-refractivity contribution in [2.75, 3.05) is 6.54 Å². The maximum atomic E-state index is 6.21. The highest BCUT2D eigenvalue weighted by Gasteiger charge is 2.43. The number of hydrogen-bond acceptors (Lipinski definition) is 5. The van der Waals surface area contributed by atoms with Gasteiger partial charge in [-0.15, -0.1) is 0 Å². The average molecular weight is 245 g/mol. The first-order chi connectivity index (χ1) is 7.88. The van der Waals surface area contributed by atoms with Gasteiger partial charge in [0.15, 0.2) is 6.29 Å². The highest BCUT2D eigenvalue weighted by Crippen LogP contribution is 2.30. The van der Waals surface area contributed by atoms with Gasteiger partial charge in [-0.1, -0.05) is 13.8 Å². The smallest absolute Gasteiger partial charge is 0.174 e. The van der Waals surface area contributed by atoms with E-state index in [1.807, 2.05) is 13.8 Å². The quantitative estimate of drug-likeness (QED) is 0.649. The molecule has 1 rings (SSSR count). The van der Waals surface area contributed by atoms with Crippen LogP contribution in [0, 0.1) is 11.8 Å². The molecule has 1 fully saturated rings.